The minimum Gasteiger partial charge on any atom is -0.493 e. The topological polar surface area (TPSA) is 103 Å². The van der Waals surface area contributed by atoms with Gasteiger partial charge in [0.15, 0.2) is 23.0 Å². The van der Waals surface area contributed by atoms with Crippen LogP contribution in [0.5, 0.6) is 23.0 Å². The van der Waals surface area contributed by atoms with Crippen LogP contribution >= 0.6 is 22.6 Å². The van der Waals surface area contributed by atoms with E-state index in [9.17, 15) is 14.4 Å². The van der Waals surface area contributed by atoms with Gasteiger partial charge in [0.1, 0.15) is 5.57 Å². The molecular weight excluding hydrogens is 567 g/mol. The predicted octanol–water partition coefficient (Wildman–Crippen LogP) is 4.16. The van der Waals surface area contributed by atoms with Crippen molar-refractivity contribution in [3.63, 3.8) is 0 Å². The lowest BCUT2D eigenvalue weighted by Gasteiger charge is -2.26. The molecule has 0 saturated carbocycles. The Balaban J connectivity index is 1.90. The standard InChI is InChI=1S/C25H27IN2O7/c1-5-9-35-19-8-7-15(12-20(19)32-3)14-28-24(30)17(23(29)27-25(28)31)10-16-11-18(26)22(34-6-2)21(13-16)33-4/h7-8,10-13H,5-6,9,14H2,1-4H3,(H,27,29,31)/b17-10+. The molecule has 9 nitrogen and oxygen atoms in total. The molecule has 1 N–H and O–H groups in total. The van der Waals surface area contributed by atoms with Crippen LogP contribution < -0.4 is 24.3 Å². The lowest BCUT2D eigenvalue weighted by atomic mass is 10.1. The van der Waals surface area contributed by atoms with Crippen LogP contribution in [0, 0.1) is 3.57 Å². The SMILES string of the molecule is CCCOc1ccc(CN2C(=O)NC(=O)/C(=C\c3cc(I)c(OCC)c(OC)c3)C2=O)cc1OC. The molecular formula is C25H27IN2O7. The second kappa shape index (κ2) is 11.9. The van der Waals surface area contributed by atoms with Crippen LogP contribution in [0.1, 0.15) is 31.4 Å². The molecule has 1 aliphatic rings. The Morgan fingerprint density at radius 2 is 1.71 bits per heavy atom. The summed E-state index contributed by atoms with van der Waals surface area (Å²) in [6.07, 6.45) is 2.27. The van der Waals surface area contributed by atoms with Crippen molar-refractivity contribution >= 4 is 46.5 Å². The van der Waals surface area contributed by atoms with E-state index in [1.165, 1.54) is 20.3 Å². The van der Waals surface area contributed by atoms with Gasteiger partial charge in [-0.2, -0.15) is 0 Å². The highest BCUT2D eigenvalue weighted by atomic mass is 127. The number of barbiturate groups is 1. The van der Waals surface area contributed by atoms with E-state index in [4.69, 9.17) is 18.9 Å². The number of ether oxygens (including phenoxy) is 4. The number of hydrogen-bond donors (Lipinski definition) is 1. The van der Waals surface area contributed by atoms with Gasteiger partial charge >= 0.3 is 6.03 Å². The summed E-state index contributed by atoms with van der Waals surface area (Å²) in [4.78, 5) is 39.2. The van der Waals surface area contributed by atoms with Crippen LogP contribution in [0.3, 0.4) is 0 Å². The highest BCUT2D eigenvalue weighted by Gasteiger charge is 2.36. The first kappa shape index (κ1) is 26.3. The molecule has 0 aromatic heterocycles. The fourth-order valence-corrected chi connectivity index (χ4v) is 4.22. The number of imide groups is 2. The first-order valence-corrected chi connectivity index (χ1v) is 12.1. The molecule has 0 bridgehead atoms. The smallest absolute Gasteiger partial charge is 0.331 e. The minimum atomic E-state index is -0.790. The summed E-state index contributed by atoms with van der Waals surface area (Å²) in [5.41, 5.74) is 1.03. The minimum absolute atomic E-state index is 0.0517. The zero-order chi connectivity index (χ0) is 25.5. The van der Waals surface area contributed by atoms with E-state index in [1.54, 1.807) is 30.3 Å². The summed E-state index contributed by atoms with van der Waals surface area (Å²) in [5.74, 6) is 0.645. The molecule has 10 heteroatoms. The van der Waals surface area contributed by atoms with Gasteiger partial charge in [-0.15, -0.1) is 0 Å². The molecule has 3 rings (SSSR count). The summed E-state index contributed by atoms with van der Waals surface area (Å²) in [5, 5.41) is 2.24. The van der Waals surface area contributed by atoms with E-state index >= 15 is 0 Å². The van der Waals surface area contributed by atoms with Gasteiger partial charge in [-0.1, -0.05) is 13.0 Å². The zero-order valence-corrected chi connectivity index (χ0v) is 22.1. The van der Waals surface area contributed by atoms with E-state index in [2.05, 4.69) is 27.9 Å². The number of amides is 4. The van der Waals surface area contributed by atoms with E-state index < -0.39 is 17.8 Å². The molecule has 35 heavy (non-hydrogen) atoms. The third-order valence-corrected chi connectivity index (χ3v) is 5.87. The Hall–Kier alpha value is -3.28. The average Bonchev–Trinajstić information content (AvgIpc) is 2.84. The average molecular weight is 594 g/mol. The highest BCUT2D eigenvalue weighted by Crippen LogP contribution is 2.35. The molecule has 0 aliphatic carbocycles. The number of carbonyl (C=O) groups excluding carboxylic acids is 3. The van der Waals surface area contributed by atoms with Gasteiger partial charge < -0.3 is 18.9 Å². The fraction of sp³-hybridized carbons (Fsp3) is 0.320. The Labute approximate surface area is 217 Å². The van der Waals surface area contributed by atoms with Crippen LogP contribution in [-0.2, 0) is 16.1 Å². The van der Waals surface area contributed by atoms with Gasteiger partial charge in [-0.3, -0.25) is 19.8 Å². The number of halogens is 1. The van der Waals surface area contributed by atoms with E-state index in [-0.39, 0.29) is 12.1 Å². The Bertz CT molecular complexity index is 1160. The van der Waals surface area contributed by atoms with E-state index in [0.717, 1.165) is 14.9 Å². The molecule has 2 aromatic carbocycles. The molecule has 0 atom stereocenters. The number of benzene rings is 2. The predicted molar refractivity (Wildman–Crippen MR) is 138 cm³/mol. The largest absolute Gasteiger partial charge is 0.493 e. The van der Waals surface area contributed by atoms with Crippen molar-refractivity contribution in [3.8, 4) is 23.0 Å². The summed E-state index contributed by atoms with van der Waals surface area (Å²) in [6, 6.07) is 7.82. The molecule has 0 radical (unpaired) electrons. The quantitative estimate of drug-likeness (QED) is 0.251. The Morgan fingerprint density at radius 3 is 2.37 bits per heavy atom. The summed E-state index contributed by atoms with van der Waals surface area (Å²) in [6.45, 7) is 4.81. The molecule has 2 aromatic rings. The van der Waals surface area contributed by atoms with E-state index in [1.807, 2.05) is 13.8 Å². The molecule has 0 unspecified atom stereocenters. The van der Waals surface area contributed by atoms with E-state index in [0.29, 0.717) is 47.3 Å². The third-order valence-electron chi connectivity index (χ3n) is 5.07. The molecule has 1 fully saturated rings. The first-order chi connectivity index (χ1) is 16.8. The lowest BCUT2D eigenvalue weighted by molar-refractivity contribution is -0.130. The summed E-state index contributed by atoms with van der Waals surface area (Å²) < 4.78 is 22.8. The normalized spacial score (nSPS) is 14.7. The molecule has 1 aliphatic heterocycles. The van der Waals surface area contributed by atoms with Crippen LogP contribution in [-0.4, -0.2) is 50.2 Å². The van der Waals surface area contributed by atoms with Crippen molar-refractivity contribution in [2.75, 3.05) is 27.4 Å². The van der Waals surface area contributed by atoms with Crippen LogP contribution in [0.2, 0.25) is 0 Å². The maximum Gasteiger partial charge on any atom is 0.331 e. The number of carbonyl (C=O) groups is 3. The van der Waals surface area contributed by atoms with Crippen molar-refractivity contribution in [1.29, 1.82) is 0 Å². The number of rotatable bonds is 10. The van der Waals surface area contributed by atoms with Crippen molar-refractivity contribution in [2.45, 2.75) is 26.8 Å². The zero-order valence-electron chi connectivity index (χ0n) is 20.0. The highest BCUT2D eigenvalue weighted by molar-refractivity contribution is 14.1. The number of hydrogen-bond acceptors (Lipinski definition) is 7. The lowest BCUT2D eigenvalue weighted by Crippen LogP contribution is -2.53. The third kappa shape index (κ3) is 6.05. The van der Waals surface area contributed by atoms with Crippen molar-refractivity contribution in [2.24, 2.45) is 0 Å². The number of methoxy groups -OCH3 is 2. The second-order valence-electron chi connectivity index (χ2n) is 7.51. The molecule has 186 valence electrons. The second-order valence-corrected chi connectivity index (χ2v) is 8.67. The van der Waals surface area contributed by atoms with Crippen LogP contribution in [0.15, 0.2) is 35.9 Å². The number of urea groups is 1. The Morgan fingerprint density at radius 1 is 0.971 bits per heavy atom. The Kier molecular flexibility index (Phi) is 8.96. The van der Waals surface area contributed by atoms with Crippen molar-refractivity contribution < 1.29 is 33.3 Å². The van der Waals surface area contributed by atoms with Crippen LogP contribution in [0.25, 0.3) is 6.08 Å². The fourth-order valence-electron chi connectivity index (χ4n) is 3.44. The molecule has 4 amide bonds. The van der Waals surface area contributed by atoms with Crippen molar-refractivity contribution in [1.82, 2.24) is 10.2 Å². The number of nitrogens with one attached hydrogen (secondary N) is 1. The maximum atomic E-state index is 13.2. The molecule has 1 heterocycles. The van der Waals surface area contributed by atoms with Gasteiger partial charge in [0.05, 0.1) is 37.5 Å². The summed E-state index contributed by atoms with van der Waals surface area (Å²) >= 11 is 2.10. The van der Waals surface area contributed by atoms with Gasteiger partial charge in [0.2, 0.25) is 0 Å². The van der Waals surface area contributed by atoms with Gasteiger partial charge in [0.25, 0.3) is 11.8 Å². The van der Waals surface area contributed by atoms with Gasteiger partial charge in [-0.25, -0.2) is 4.79 Å². The monoisotopic (exact) mass is 594 g/mol. The maximum absolute atomic E-state index is 13.2. The summed E-state index contributed by atoms with van der Waals surface area (Å²) in [7, 11) is 3.03. The number of nitrogens with zero attached hydrogens (tertiary/aromatic N) is 1. The van der Waals surface area contributed by atoms with Gasteiger partial charge in [0, 0.05) is 0 Å². The van der Waals surface area contributed by atoms with Crippen LogP contribution in [0.4, 0.5) is 4.79 Å². The molecule has 0 spiro atoms. The van der Waals surface area contributed by atoms with Crippen molar-refractivity contribution in [3.05, 3.63) is 50.6 Å². The van der Waals surface area contributed by atoms with Gasteiger partial charge in [-0.05, 0) is 77.4 Å². The molecule has 1 saturated heterocycles. The first-order valence-electron chi connectivity index (χ1n) is 11.0.